The zero-order valence-corrected chi connectivity index (χ0v) is 10.7. The molecule has 0 unspecified atom stereocenters. The van der Waals surface area contributed by atoms with Crippen LogP contribution in [-0.4, -0.2) is 10.8 Å². The lowest BCUT2D eigenvalue weighted by molar-refractivity contribution is -0.124. The lowest BCUT2D eigenvalue weighted by atomic mass is 10.2. The van der Waals surface area contributed by atoms with Crippen LogP contribution in [0.5, 0.6) is 0 Å². The minimum atomic E-state index is -0.306. The van der Waals surface area contributed by atoms with E-state index in [0.29, 0.717) is 22.8 Å². The van der Waals surface area contributed by atoms with E-state index in [9.17, 15) is 4.79 Å². The van der Waals surface area contributed by atoms with Crippen molar-refractivity contribution in [2.75, 3.05) is 0 Å². The molecule has 1 aliphatic heterocycles. The average molecular weight is 259 g/mol. The molecule has 0 fully saturated rings. The standard InChI is InChI=1S/C14H11ClN2O/c1-9-10(2)17(14(18)12(9)7-16)8-11-5-3-4-6-13(11)15/h3-6H,2,8H2,1H3. The minimum Gasteiger partial charge on any atom is -0.304 e. The summed E-state index contributed by atoms with van der Waals surface area (Å²) in [6, 6.07) is 9.23. The molecule has 1 heterocycles. The van der Waals surface area contributed by atoms with Crippen LogP contribution in [-0.2, 0) is 11.3 Å². The predicted molar refractivity (Wildman–Crippen MR) is 69.5 cm³/mol. The van der Waals surface area contributed by atoms with E-state index in [4.69, 9.17) is 16.9 Å². The van der Waals surface area contributed by atoms with Crippen molar-refractivity contribution in [2.24, 2.45) is 0 Å². The average Bonchev–Trinajstić information content (AvgIpc) is 2.56. The molecule has 1 aliphatic rings. The van der Waals surface area contributed by atoms with E-state index in [1.54, 1.807) is 13.0 Å². The molecule has 0 aliphatic carbocycles. The summed E-state index contributed by atoms with van der Waals surface area (Å²) in [7, 11) is 0. The molecule has 0 radical (unpaired) electrons. The van der Waals surface area contributed by atoms with Crippen LogP contribution in [0.15, 0.2) is 47.7 Å². The molecule has 18 heavy (non-hydrogen) atoms. The number of nitriles is 1. The van der Waals surface area contributed by atoms with Crippen molar-refractivity contribution in [1.29, 1.82) is 5.26 Å². The summed E-state index contributed by atoms with van der Waals surface area (Å²) >= 11 is 6.06. The summed E-state index contributed by atoms with van der Waals surface area (Å²) < 4.78 is 0. The Bertz CT molecular complexity index is 610. The van der Waals surface area contributed by atoms with Gasteiger partial charge in [-0.15, -0.1) is 0 Å². The van der Waals surface area contributed by atoms with Gasteiger partial charge in [-0.2, -0.15) is 5.26 Å². The molecule has 2 rings (SSSR count). The van der Waals surface area contributed by atoms with Gasteiger partial charge in [0.25, 0.3) is 5.91 Å². The predicted octanol–water partition coefficient (Wildman–Crippen LogP) is 3.04. The molecule has 0 saturated carbocycles. The van der Waals surface area contributed by atoms with Crippen LogP contribution in [0.3, 0.4) is 0 Å². The highest BCUT2D eigenvalue weighted by atomic mass is 35.5. The van der Waals surface area contributed by atoms with Gasteiger partial charge >= 0.3 is 0 Å². The Morgan fingerprint density at radius 1 is 1.44 bits per heavy atom. The SMILES string of the molecule is C=C1C(C)=C(C#N)C(=O)N1Cc1ccccc1Cl. The largest absolute Gasteiger partial charge is 0.304 e. The second kappa shape index (κ2) is 4.67. The fraction of sp³-hybridized carbons (Fsp3) is 0.143. The van der Waals surface area contributed by atoms with E-state index in [-0.39, 0.29) is 11.5 Å². The van der Waals surface area contributed by atoms with Gasteiger partial charge < -0.3 is 4.90 Å². The summed E-state index contributed by atoms with van der Waals surface area (Å²) in [6.45, 7) is 5.90. The zero-order chi connectivity index (χ0) is 13.3. The Labute approximate surface area is 111 Å². The van der Waals surface area contributed by atoms with Crippen molar-refractivity contribution in [2.45, 2.75) is 13.5 Å². The highest BCUT2D eigenvalue weighted by Crippen LogP contribution is 2.30. The molecule has 0 atom stereocenters. The summed E-state index contributed by atoms with van der Waals surface area (Å²) in [4.78, 5) is 13.5. The van der Waals surface area contributed by atoms with Crippen molar-refractivity contribution in [3.05, 3.63) is 58.3 Å². The first-order chi connectivity index (χ1) is 8.56. The number of benzene rings is 1. The number of nitrogens with zero attached hydrogens (tertiary/aromatic N) is 2. The van der Waals surface area contributed by atoms with Crippen molar-refractivity contribution in [3.63, 3.8) is 0 Å². The van der Waals surface area contributed by atoms with E-state index < -0.39 is 0 Å². The fourth-order valence-corrected chi connectivity index (χ4v) is 2.06. The van der Waals surface area contributed by atoms with Crippen LogP contribution in [0.2, 0.25) is 5.02 Å². The quantitative estimate of drug-likeness (QED) is 0.818. The lowest BCUT2D eigenvalue weighted by Gasteiger charge is -2.18. The summed E-state index contributed by atoms with van der Waals surface area (Å²) in [6.07, 6.45) is 0. The molecule has 1 aromatic rings. The second-order valence-electron chi connectivity index (χ2n) is 4.04. The Kier molecular flexibility index (Phi) is 3.22. The molecule has 1 amide bonds. The molecule has 0 bridgehead atoms. The van der Waals surface area contributed by atoms with E-state index in [1.807, 2.05) is 24.3 Å². The van der Waals surface area contributed by atoms with Gasteiger partial charge in [-0.3, -0.25) is 4.79 Å². The number of carbonyl (C=O) groups is 1. The number of rotatable bonds is 2. The zero-order valence-electron chi connectivity index (χ0n) is 9.90. The van der Waals surface area contributed by atoms with Crippen molar-refractivity contribution < 1.29 is 4.79 Å². The van der Waals surface area contributed by atoms with Gasteiger partial charge in [0.15, 0.2) is 0 Å². The Morgan fingerprint density at radius 3 is 2.67 bits per heavy atom. The van der Waals surface area contributed by atoms with Crippen molar-refractivity contribution in [1.82, 2.24) is 4.90 Å². The topological polar surface area (TPSA) is 44.1 Å². The van der Waals surface area contributed by atoms with Crippen LogP contribution in [0.4, 0.5) is 0 Å². The minimum absolute atomic E-state index is 0.159. The molecular weight excluding hydrogens is 248 g/mol. The maximum absolute atomic E-state index is 12.0. The fourth-order valence-electron chi connectivity index (χ4n) is 1.86. The van der Waals surface area contributed by atoms with Crippen LogP contribution in [0.1, 0.15) is 12.5 Å². The lowest BCUT2D eigenvalue weighted by Crippen LogP contribution is -2.25. The van der Waals surface area contributed by atoms with Gasteiger partial charge in [0.2, 0.25) is 0 Å². The molecular formula is C14H11ClN2O. The number of carbonyl (C=O) groups excluding carboxylic acids is 1. The van der Waals surface area contributed by atoms with E-state index in [1.165, 1.54) is 4.90 Å². The summed E-state index contributed by atoms with van der Waals surface area (Å²) in [5.41, 5.74) is 2.19. The van der Waals surface area contributed by atoms with Crippen LogP contribution in [0, 0.1) is 11.3 Å². The smallest absolute Gasteiger partial charge is 0.269 e. The van der Waals surface area contributed by atoms with Crippen molar-refractivity contribution >= 4 is 17.5 Å². The van der Waals surface area contributed by atoms with Crippen LogP contribution < -0.4 is 0 Å². The third-order valence-electron chi connectivity index (χ3n) is 2.99. The summed E-state index contributed by atoms with van der Waals surface area (Å²) in [5.74, 6) is -0.306. The van der Waals surface area contributed by atoms with Crippen LogP contribution in [0.25, 0.3) is 0 Å². The van der Waals surface area contributed by atoms with E-state index >= 15 is 0 Å². The van der Waals surface area contributed by atoms with Gasteiger partial charge in [-0.05, 0) is 24.1 Å². The van der Waals surface area contributed by atoms with E-state index in [2.05, 4.69) is 6.58 Å². The maximum Gasteiger partial charge on any atom is 0.269 e. The number of hydrogen-bond acceptors (Lipinski definition) is 2. The van der Waals surface area contributed by atoms with Gasteiger partial charge in [-0.25, -0.2) is 0 Å². The highest BCUT2D eigenvalue weighted by Gasteiger charge is 2.31. The molecule has 0 N–H and O–H groups in total. The Morgan fingerprint density at radius 2 is 2.11 bits per heavy atom. The number of amides is 1. The Hall–Kier alpha value is -2.05. The number of halogens is 1. The third-order valence-corrected chi connectivity index (χ3v) is 3.36. The molecule has 4 heteroatoms. The molecule has 1 aromatic carbocycles. The maximum atomic E-state index is 12.0. The highest BCUT2D eigenvalue weighted by molar-refractivity contribution is 6.31. The van der Waals surface area contributed by atoms with Gasteiger partial charge in [-0.1, -0.05) is 36.4 Å². The first-order valence-electron chi connectivity index (χ1n) is 5.41. The molecule has 3 nitrogen and oxygen atoms in total. The normalized spacial score (nSPS) is 15.3. The molecule has 0 saturated heterocycles. The van der Waals surface area contributed by atoms with Gasteiger partial charge in [0.1, 0.15) is 11.6 Å². The van der Waals surface area contributed by atoms with Crippen LogP contribution >= 0.6 is 11.6 Å². The van der Waals surface area contributed by atoms with Gasteiger partial charge in [0.05, 0.1) is 6.54 Å². The Balaban J connectivity index is 2.29. The monoisotopic (exact) mass is 258 g/mol. The molecule has 0 aromatic heterocycles. The molecule has 90 valence electrons. The van der Waals surface area contributed by atoms with Crippen molar-refractivity contribution in [3.8, 4) is 6.07 Å². The first kappa shape index (κ1) is 12.4. The van der Waals surface area contributed by atoms with Gasteiger partial charge in [0, 0.05) is 10.7 Å². The number of hydrogen-bond donors (Lipinski definition) is 0. The third kappa shape index (κ3) is 1.92. The second-order valence-corrected chi connectivity index (χ2v) is 4.45. The van der Waals surface area contributed by atoms with E-state index in [0.717, 1.165) is 5.56 Å². The first-order valence-corrected chi connectivity index (χ1v) is 5.79. The number of allylic oxidation sites excluding steroid dienone is 1. The summed E-state index contributed by atoms with van der Waals surface area (Å²) in [5, 5.41) is 9.54. The molecule has 0 spiro atoms.